The number of halogens is 2. The van der Waals surface area contributed by atoms with Crippen LogP contribution in [0.3, 0.4) is 0 Å². The lowest BCUT2D eigenvalue weighted by Gasteiger charge is -2.33. The van der Waals surface area contributed by atoms with Crippen LogP contribution in [-0.4, -0.2) is 36.9 Å². The zero-order chi connectivity index (χ0) is 23.5. The van der Waals surface area contributed by atoms with E-state index >= 15 is 0 Å². The maximum atomic E-state index is 14.7. The number of nitrogens with one attached hydrogen (secondary N) is 2. The number of sulfonamides is 1. The van der Waals surface area contributed by atoms with E-state index in [4.69, 9.17) is 11.5 Å². The minimum absolute atomic E-state index is 0.0360. The first kappa shape index (κ1) is 24.7. The topological polar surface area (TPSA) is 136 Å². The molecule has 1 aromatic heterocycles. The summed E-state index contributed by atoms with van der Waals surface area (Å²) in [5.74, 6) is -1.47. The van der Waals surface area contributed by atoms with Gasteiger partial charge in [0.05, 0.1) is 5.69 Å². The summed E-state index contributed by atoms with van der Waals surface area (Å²) in [5.41, 5.74) is 12.1. The van der Waals surface area contributed by atoms with Crippen LogP contribution in [0.25, 0.3) is 0 Å². The van der Waals surface area contributed by atoms with E-state index in [0.717, 1.165) is 49.6 Å². The van der Waals surface area contributed by atoms with E-state index in [1.165, 1.54) is 0 Å². The van der Waals surface area contributed by atoms with Crippen molar-refractivity contribution in [2.75, 3.05) is 23.1 Å². The SMILES string of the molecule is CC(C)(CCN)CC(CNc1cc(F)c(S(=O)(=O)Nc2ncns2)cc1F)C(N)C1CC1. The molecule has 178 valence electrons. The van der Waals surface area contributed by atoms with Gasteiger partial charge >= 0.3 is 0 Å². The molecule has 2 aromatic rings. The third kappa shape index (κ3) is 6.33. The van der Waals surface area contributed by atoms with E-state index in [0.29, 0.717) is 25.1 Å². The molecule has 0 saturated heterocycles. The Morgan fingerprint density at radius 3 is 2.59 bits per heavy atom. The van der Waals surface area contributed by atoms with Crippen LogP contribution in [0.2, 0.25) is 0 Å². The lowest BCUT2D eigenvalue weighted by molar-refractivity contribution is 0.226. The van der Waals surface area contributed by atoms with Crippen molar-refractivity contribution in [1.82, 2.24) is 9.36 Å². The van der Waals surface area contributed by atoms with Crippen molar-refractivity contribution in [2.45, 2.75) is 50.5 Å². The fraction of sp³-hybridized carbons (Fsp3) is 0.600. The highest BCUT2D eigenvalue weighted by Crippen LogP contribution is 2.39. The second-order valence-corrected chi connectivity index (χ2v) is 11.5. The molecule has 1 saturated carbocycles. The van der Waals surface area contributed by atoms with Gasteiger partial charge in [0.25, 0.3) is 10.0 Å². The molecule has 2 unspecified atom stereocenters. The van der Waals surface area contributed by atoms with E-state index in [1.807, 2.05) is 0 Å². The Bertz CT molecular complexity index is 1010. The van der Waals surface area contributed by atoms with Crippen LogP contribution < -0.4 is 21.5 Å². The van der Waals surface area contributed by atoms with E-state index < -0.39 is 26.6 Å². The van der Waals surface area contributed by atoms with Crippen molar-refractivity contribution < 1.29 is 17.2 Å². The molecule has 8 nitrogen and oxygen atoms in total. The van der Waals surface area contributed by atoms with Gasteiger partial charge in [-0.3, -0.25) is 4.72 Å². The lowest BCUT2D eigenvalue weighted by atomic mass is 9.76. The summed E-state index contributed by atoms with van der Waals surface area (Å²) < 4.78 is 60.0. The molecule has 1 heterocycles. The third-order valence-corrected chi connectivity index (χ3v) is 7.86. The molecule has 12 heteroatoms. The molecular formula is C20H30F2N6O2S2. The maximum absolute atomic E-state index is 14.7. The van der Waals surface area contributed by atoms with E-state index in [2.05, 4.69) is 33.2 Å². The molecule has 1 fully saturated rings. The quantitative estimate of drug-likeness (QED) is 0.360. The lowest BCUT2D eigenvalue weighted by Crippen LogP contribution is -2.39. The second kappa shape index (κ2) is 9.94. The summed E-state index contributed by atoms with van der Waals surface area (Å²) >= 11 is 0.787. The summed E-state index contributed by atoms with van der Waals surface area (Å²) in [6.45, 7) is 5.15. The van der Waals surface area contributed by atoms with Gasteiger partial charge in [-0.25, -0.2) is 22.2 Å². The Morgan fingerprint density at radius 1 is 1.28 bits per heavy atom. The molecule has 32 heavy (non-hydrogen) atoms. The standard InChI is InChI=1S/C20H30F2N6O2S2/c1-20(2,5-6-23)9-13(18(24)12-3-4-12)10-25-16-7-15(22)17(8-14(16)21)32(29,30)28-19-26-11-27-31-19/h7-8,11-13,18,25H,3-6,9-10,23-24H2,1-2H3,(H,26,27,28). The molecule has 0 aliphatic heterocycles. The van der Waals surface area contributed by atoms with E-state index in [9.17, 15) is 17.2 Å². The maximum Gasteiger partial charge on any atom is 0.266 e. The van der Waals surface area contributed by atoms with Crippen LogP contribution in [0.15, 0.2) is 23.4 Å². The van der Waals surface area contributed by atoms with Gasteiger partial charge in [0.2, 0.25) is 5.13 Å². The molecule has 0 spiro atoms. The smallest absolute Gasteiger partial charge is 0.266 e. The van der Waals surface area contributed by atoms with Crippen molar-refractivity contribution in [3.05, 3.63) is 30.1 Å². The highest BCUT2D eigenvalue weighted by atomic mass is 32.2. The number of rotatable bonds is 12. The largest absolute Gasteiger partial charge is 0.382 e. The monoisotopic (exact) mass is 488 g/mol. The van der Waals surface area contributed by atoms with Crippen molar-refractivity contribution in [1.29, 1.82) is 0 Å². The first-order valence-electron chi connectivity index (χ1n) is 10.5. The van der Waals surface area contributed by atoms with E-state index in [1.54, 1.807) is 0 Å². The molecule has 1 aliphatic carbocycles. The Hall–Kier alpha value is -1.89. The van der Waals surface area contributed by atoms with Crippen LogP contribution in [0.1, 0.15) is 39.5 Å². The fourth-order valence-corrected chi connectivity index (χ4v) is 5.65. The zero-order valence-corrected chi connectivity index (χ0v) is 19.8. The van der Waals surface area contributed by atoms with Crippen LogP contribution in [-0.2, 0) is 10.0 Å². The number of benzene rings is 1. The zero-order valence-electron chi connectivity index (χ0n) is 18.1. The Morgan fingerprint density at radius 2 is 2.00 bits per heavy atom. The Labute approximate surface area is 191 Å². The predicted octanol–water partition coefficient (Wildman–Crippen LogP) is 3.15. The fourth-order valence-electron chi connectivity index (χ4n) is 3.91. The normalized spacial score (nSPS) is 16.6. The second-order valence-electron chi connectivity index (χ2n) is 9.08. The first-order chi connectivity index (χ1) is 15.0. The molecule has 0 amide bonds. The van der Waals surface area contributed by atoms with Gasteiger partial charge in [0, 0.05) is 30.2 Å². The van der Waals surface area contributed by atoms with Crippen molar-refractivity contribution in [2.24, 2.45) is 28.7 Å². The van der Waals surface area contributed by atoms with Crippen molar-refractivity contribution >= 4 is 32.4 Å². The highest BCUT2D eigenvalue weighted by Gasteiger charge is 2.36. The molecule has 6 N–H and O–H groups in total. The number of anilines is 2. The number of aromatic nitrogens is 2. The first-order valence-corrected chi connectivity index (χ1v) is 12.8. The van der Waals surface area contributed by atoms with Crippen molar-refractivity contribution in [3.63, 3.8) is 0 Å². The van der Waals surface area contributed by atoms with Gasteiger partial charge in [-0.15, -0.1) is 0 Å². The summed E-state index contributed by atoms with van der Waals surface area (Å²) in [5, 5.41) is 2.91. The number of nitrogens with two attached hydrogens (primary N) is 2. The average molecular weight is 489 g/mol. The van der Waals surface area contributed by atoms with Gasteiger partial charge in [0.1, 0.15) is 22.9 Å². The summed E-state index contributed by atoms with van der Waals surface area (Å²) in [6.07, 6.45) is 4.93. The molecule has 2 atom stereocenters. The molecule has 3 rings (SSSR count). The average Bonchev–Trinajstić information content (AvgIpc) is 3.43. The van der Waals surface area contributed by atoms with Crippen LogP contribution in [0.5, 0.6) is 0 Å². The summed E-state index contributed by atoms with van der Waals surface area (Å²) in [6, 6.07) is 1.47. The van der Waals surface area contributed by atoms with Gasteiger partial charge in [0.15, 0.2) is 0 Å². The Balaban J connectivity index is 1.75. The van der Waals surface area contributed by atoms with Gasteiger partial charge < -0.3 is 16.8 Å². The van der Waals surface area contributed by atoms with Gasteiger partial charge in [-0.05, 0) is 55.5 Å². The van der Waals surface area contributed by atoms with Gasteiger partial charge in [-0.1, -0.05) is 13.8 Å². The molecule has 0 bridgehead atoms. The predicted molar refractivity (Wildman–Crippen MR) is 122 cm³/mol. The van der Waals surface area contributed by atoms with Crippen molar-refractivity contribution in [3.8, 4) is 0 Å². The molecule has 0 radical (unpaired) electrons. The number of hydrogen-bond acceptors (Lipinski definition) is 8. The molecule has 1 aromatic carbocycles. The number of nitrogens with zero attached hydrogens (tertiary/aromatic N) is 2. The summed E-state index contributed by atoms with van der Waals surface area (Å²) in [4.78, 5) is 2.89. The minimum Gasteiger partial charge on any atom is -0.382 e. The Kier molecular flexibility index (Phi) is 7.69. The highest BCUT2D eigenvalue weighted by molar-refractivity contribution is 7.93. The van der Waals surface area contributed by atoms with Gasteiger partial charge in [-0.2, -0.15) is 4.37 Å². The number of hydrogen-bond donors (Lipinski definition) is 4. The van der Waals surface area contributed by atoms with Crippen LogP contribution in [0, 0.1) is 28.9 Å². The van der Waals surface area contributed by atoms with E-state index in [-0.39, 0.29) is 28.2 Å². The molecular weight excluding hydrogens is 458 g/mol. The minimum atomic E-state index is -4.35. The van der Waals surface area contributed by atoms with Crippen LogP contribution in [0.4, 0.5) is 19.6 Å². The van der Waals surface area contributed by atoms with Crippen LogP contribution >= 0.6 is 11.5 Å². The molecule has 1 aliphatic rings. The third-order valence-electron chi connectivity index (χ3n) is 5.80. The summed E-state index contributed by atoms with van der Waals surface area (Å²) in [7, 11) is -4.35.